The van der Waals surface area contributed by atoms with Gasteiger partial charge >= 0.3 is 5.97 Å². The molecule has 1 aromatic heterocycles. The monoisotopic (exact) mass is 273 g/mol. The van der Waals surface area contributed by atoms with Crippen LogP contribution in [0.5, 0.6) is 0 Å². The minimum absolute atomic E-state index is 0.223. The van der Waals surface area contributed by atoms with Gasteiger partial charge in [0.15, 0.2) is 0 Å². The zero-order chi connectivity index (χ0) is 14.4. The van der Waals surface area contributed by atoms with Gasteiger partial charge in [0, 0.05) is 19.3 Å². The van der Waals surface area contributed by atoms with Crippen molar-refractivity contribution < 1.29 is 9.53 Å². The van der Waals surface area contributed by atoms with Crippen molar-refractivity contribution in [3.63, 3.8) is 0 Å². The van der Waals surface area contributed by atoms with E-state index >= 15 is 0 Å². The summed E-state index contributed by atoms with van der Waals surface area (Å²) in [5.41, 5.74) is 3.09. The zero-order valence-corrected chi connectivity index (χ0v) is 11.8. The number of methoxy groups -OCH3 is 1. The molecule has 0 saturated heterocycles. The van der Waals surface area contributed by atoms with Gasteiger partial charge in [-0.15, -0.1) is 0 Å². The first-order valence-electron chi connectivity index (χ1n) is 6.51. The molecule has 2 aromatic rings. The number of benzene rings is 1. The summed E-state index contributed by atoms with van der Waals surface area (Å²) in [5.74, 6) is -0.223. The van der Waals surface area contributed by atoms with E-state index in [1.807, 2.05) is 48.4 Å². The Labute approximate surface area is 118 Å². The lowest BCUT2D eigenvalue weighted by Gasteiger charge is -2.09. The van der Waals surface area contributed by atoms with Crippen LogP contribution in [0.1, 0.15) is 16.8 Å². The fraction of sp³-hybridized carbons (Fsp3) is 0.333. The van der Waals surface area contributed by atoms with Crippen LogP contribution in [0.4, 0.5) is 0 Å². The minimum Gasteiger partial charge on any atom is -0.469 e. The van der Waals surface area contributed by atoms with E-state index in [-0.39, 0.29) is 5.97 Å². The molecule has 0 aliphatic heterocycles. The maximum Gasteiger partial charge on any atom is 0.309 e. The smallest absolute Gasteiger partial charge is 0.309 e. The van der Waals surface area contributed by atoms with Gasteiger partial charge in [0.25, 0.3) is 0 Å². The van der Waals surface area contributed by atoms with Crippen LogP contribution >= 0.6 is 0 Å². The van der Waals surface area contributed by atoms with Gasteiger partial charge in [-0.25, -0.2) is 4.98 Å². The summed E-state index contributed by atoms with van der Waals surface area (Å²) >= 11 is 0. The van der Waals surface area contributed by atoms with Crippen LogP contribution in [0, 0.1) is 0 Å². The molecular formula is C15H19N3O2. The van der Waals surface area contributed by atoms with Crippen molar-refractivity contribution in [2.45, 2.75) is 19.5 Å². The molecule has 0 radical (unpaired) electrons. The van der Waals surface area contributed by atoms with E-state index in [0.717, 1.165) is 23.4 Å². The number of imidazole rings is 1. The Balaban J connectivity index is 2.13. The van der Waals surface area contributed by atoms with Gasteiger partial charge in [-0.3, -0.25) is 4.79 Å². The van der Waals surface area contributed by atoms with Crippen molar-refractivity contribution in [3.05, 3.63) is 53.6 Å². The number of nitrogens with zero attached hydrogens (tertiary/aromatic N) is 2. The molecule has 0 unspecified atom stereocenters. The molecule has 2 rings (SSSR count). The first-order chi connectivity index (χ1) is 9.72. The Hall–Kier alpha value is -2.14. The molecule has 0 saturated carbocycles. The standard InChI is InChI=1S/C15H19N3O2/c1-16-8-14-10-18(11-17-14)9-13-6-4-3-5-12(13)7-15(19)20-2/h3-6,10-11,16H,7-9H2,1-2H3. The Morgan fingerprint density at radius 3 is 2.80 bits per heavy atom. The molecule has 5 heteroatoms. The highest BCUT2D eigenvalue weighted by molar-refractivity contribution is 5.72. The van der Waals surface area contributed by atoms with Gasteiger partial charge in [0.2, 0.25) is 0 Å². The number of carbonyl (C=O) groups excluding carboxylic acids is 1. The Kier molecular flexibility index (Phi) is 4.90. The largest absolute Gasteiger partial charge is 0.469 e. The van der Waals surface area contributed by atoms with Crippen molar-refractivity contribution in [2.24, 2.45) is 0 Å². The van der Waals surface area contributed by atoms with E-state index in [0.29, 0.717) is 13.0 Å². The van der Waals surface area contributed by atoms with Crippen molar-refractivity contribution >= 4 is 5.97 Å². The number of carbonyl (C=O) groups is 1. The highest BCUT2D eigenvalue weighted by atomic mass is 16.5. The van der Waals surface area contributed by atoms with Gasteiger partial charge in [-0.2, -0.15) is 0 Å². The normalized spacial score (nSPS) is 10.5. The van der Waals surface area contributed by atoms with Crippen molar-refractivity contribution in [3.8, 4) is 0 Å². The molecule has 0 atom stereocenters. The van der Waals surface area contributed by atoms with Gasteiger partial charge in [0.05, 0.1) is 25.6 Å². The predicted octanol–water partition coefficient (Wildman–Crippen LogP) is 1.37. The highest BCUT2D eigenvalue weighted by Crippen LogP contribution is 2.12. The van der Waals surface area contributed by atoms with Crippen LogP contribution in [0.25, 0.3) is 0 Å². The molecule has 106 valence electrons. The second kappa shape index (κ2) is 6.86. The van der Waals surface area contributed by atoms with Crippen LogP contribution in [0.15, 0.2) is 36.8 Å². The summed E-state index contributed by atoms with van der Waals surface area (Å²) in [6.07, 6.45) is 4.11. The fourth-order valence-electron chi connectivity index (χ4n) is 2.07. The molecule has 0 aliphatic rings. The molecule has 0 amide bonds. The number of nitrogens with one attached hydrogen (secondary N) is 1. The molecule has 5 nitrogen and oxygen atoms in total. The highest BCUT2D eigenvalue weighted by Gasteiger charge is 2.08. The van der Waals surface area contributed by atoms with E-state index in [2.05, 4.69) is 10.3 Å². The Bertz CT molecular complexity index is 578. The molecule has 1 aromatic carbocycles. The van der Waals surface area contributed by atoms with Crippen LogP contribution in [0.2, 0.25) is 0 Å². The molecular weight excluding hydrogens is 254 g/mol. The minimum atomic E-state index is -0.223. The summed E-state index contributed by atoms with van der Waals surface area (Å²) in [7, 11) is 3.30. The van der Waals surface area contributed by atoms with Gasteiger partial charge in [0.1, 0.15) is 0 Å². The third-order valence-electron chi connectivity index (χ3n) is 3.08. The lowest BCUT2D eigenvalue weighted by molar-refractivity contribution is -0.139. The number of aromatic nitrogens is 2. The van der Waals surface area contributed by atoms with E-state index in [1.165, 1.54) is 7.11 Å². The number of esters is 1. The van der Waals surface area contributed by atoms with Crippen LogP contribution in [-0.2, 0) is 29.0 Å². The van der Waals surface area contributed by atoms with Crippen molar-refractivity contribution in [2.75, 3.05) is 14.2 Å². The van der Waals surface area contributed by atoms with Crippen LogP contribution < -0.4 is 5.32 Å². The van der Waals surface area contributed by atoms with Gasteiger partial charge in [-0.1, -0.05) is 24.3 Å². The van der Waals surface area contributed by atoms with Crippen molar-refractivity contribution in [1.29, 1.82) is 0 Å². The lowest BCUT2D eigenvalue weighted by Crippen LogP contribution is -2.08. The maximum atomic E-state index is 11.4. The molecule has 0 aliphatic carbocycles. The first-order valence-corrected chi connectivity index (χ1v) is 6.51. The zero-order valence-electron chi connectivity index (χ0n) is 11.8. The fourth-order valence-corrected chi connectivity index (χ4v) is 2.07. The first kappa shape index (κ1) is 14.3. The van der Waals surface area contributed by atoms with Crippen molar-refractivity contribution in [1.82, 2.24) is 14.9 Å². The van der Waals surface area contributed by atoms with E-state index in [4.69, 9.17) is 4.74 Å². The molecule has 0 bridgehead atoms. The summed E-state index contributed by atoms with van der Waals surface area (Å²) in [6.45, 7) is 1.45. The number of hydrogen-bond acceptors (Lipinski definition) is 4. The average molecular weight is 273 g/mol. The predicted molar refractivity (Wildman–Crippen MR) is 76.3 cm³/mol. The third kappa shape index (κ3) is 3.68. The van der Waals surface area contributed by atoms with Gasteiger partial charge in [-0.05, 0) is 18.2 Å². The molecule has 1 heterocycles. The van der Waals surface area contributed by atoms with E-state index in [9.17, 15) is 4.79 Å². The van der Waals surface area contributed by atoms with E-state index < -0.39 is 0 Å². The Morgan fingerprint density at radius 2 is 2.10 bits per heavy atom. The van der Waals surface area contributed by atoms with Crippen LogP contribution in [0.3, 0.4) is 0 Å². The number of hydrogen-bond donors (Lipinski definition) is 1. The summed E-state index contributed by atoms with van der Waals surface area (Å²) in [6, 6.07) is 7.89. The van der Waals surface area contributed by atoms with E-state index in [1.54, 1.807) is 0 Å². The summed E-state index contributed by atoms with van der Waals surface area (Å²) < 4.78 is 6.75. The molecule has 0 fully saturated rings. The number of rotatable bonds is 6. The topological polar surface area (TPSA) is 56.2 Å². The summed E-state index contributed by atoms with van der Waals surface area (Å²) in [4.78, 5) is 15.7. The number of ether oxygens (including phenoxy) is 1. The molecule has 0 spiro atoms. The third-order valence-corrected chi connectivity index (χ3v) is 3.08. The Morgan fingerprint density at radius 1 is 1.35 bits per heavy atom. The second-order valence-electron chi connectivity index (χ2n) is 4.59. The maximum absolute atomic E-state index is 11.4. The molecule has 1 N–H and O–H groups in total. The van der Waals surface area contributed by atoms with Gasteiger partial charge < -0.3 is 14.6 Å². The second-order valence-corrected chi connectivity index (χ2v) is 4.59. The lowest BCUT2D eigenvalue weighted by atomic mass is 10.0. The summed E-state index contributed by atoms with van der Waals surface area (Å²) in [5, 5.41) is 3.07. The molecule has 20 heavy (non-hydrogen) atoms. The average Bonchev–Trinajstić information content (AvgIpc) is 2.88. The van der Waals surface area contributed by atoms with Crippen LogP contribution in [-0.4, -0.2) is 29.7 Å². The quantitative estimate of drug-likeness (QED) is 0.808. The SMILES string of the molecule is CNCc1cn(Cc2ccccc2CC(=O)OC)cn1.